The van der Waals surface area contributed by atoms with Gasteiger partial charge in [-0.05, 0) is 12.8 Å². The summed E-state index contributed by atoms with van der Waals surface area (Å²) < 4.78 is 14.6. The second-order valence-corrected chi connectivity index (χ2v) is 3.69. The Bertz CT molecular complexity index is 115. The van der Waals surface area contributed by atoms with Crippen molar-refractivity contribution in [3.05, 3.63) is 12.7 Å². The van der Waals surface area contributed by atoms with Crippen molar-refractivity contribution in [3.63, 3.8) is 0 Å². The van der Waals surface area contributed by atoms with Crippen LogP contribution in [0.1, 0.15) is 12.8 Å². The van der Waals surface area contributed by atoms with Gasteiger partial charge in [0.05, 0.1) is 13.2 Å². The van der Waals surface area contributed by atoms with Crippen LogP contribution in [0.15, 0.2) is 12.7 Å². The summed E-state index contributed by atoms with van der Waals surface area (Å²) in [6, 6.07) is 0. The molecule has 1 aliphatic heterocycles. The van der Waals surface area contributed by atoms with E-state index in [4.69, 9.17) is 9.47 Å². The first-order chi connectivity index (χ1) is 6.35. The van der Waals surface area contributed by atoms with Gasteiger partial charge >= 0.3 is 0 Å². The first-order valence-electron chi connectivity index (χ1n) is 4.55. The average molecular weight is 204 g/mol. The highest BCUT2D eigenvalue weighted by Gasteiger charge is 2.21. The fraction of sp³-hybridized carbons (Fsp3) is 0.778. The second kappa shape index (κ2) is 9.92. The first kappa shape index (κ1) is 12.8. The Labute approximate surface area is 83.6 Å². The van der Waals surface area contributed by atoms with Crippen LogP contribution in [0.25, 0.3) is 0 Å². The van der Waals surface area contributed by atoms with Crippen molar-refractivity contribution in [2.24, 2.45) is 0 Å². The van der Waals surface area contributed by atoms with Gasteiger partial charge in [-0.25, -0.2) is 0 Å². The third-order valence-corrected chi connectivity index (χ3v) is 1.40. The summed E-state index contributed by atoms with van der Waals surface area (Å²) in [6.07, 6.45) is 4.45. The van der Waals surface area contributed by atoms with Gasteiger partial charge in [0.15, 0.2) is 0 Å². The van der Waals surface area contributed by atoms with Crippen LogP contribution >= 0.6 is 0 Å². The Morgan fingerprint density at radius 1 is 1.69 bits per heavy atom. The second-order valence-electron chi connectivity index (χ2n) is 2.87. The van der Waals surface area contributed by atoms with Gasteiger partial charge in [-0.3, -0.25) is 0 Å². The van der Waals surface area contributed by atoms with Gasteiger partial charge in [-0.1, -0.05) is 6.08 Å². The summed E-state index contributed by atoms with van der Waals surface area (Å²) in [5.41, 5.74) is 0. The summed E-state index contributed by atoms with van der Waals surface area (Å²) in [6.45, 7) is 6.13. The van der Waals surface area contributed by atoms with E-state index in [1.54, 1.807) is 7.11 Å². The summed E-state index contributed by atoms with van der Waals surface area (Å²) in [4.78, 5) is 0. The van der Waals surface area contributed by atoms with Gasteiger partial charge in [0.1, 0.15) is 16.6 Å². The number of rotatable bonds is 6. The molecule has 13 heavy (non-hydrogen) atoms. The van der Waals surface area contributed by atoms with Gasteiger partial charge in [-0.15, -0.1) is 6.58 Å². The van der Waals surface area contributed by atoms with E-state index < -0.39 is 0 Å². The molecule has 0 radical (unpaired) electrons. The minimum absolute atomic E-state index is 0.406. The van der Waals surface area contributed by atoms with E-state index in [9.17, 15) is 0 Å². The molecule has 78 valence electrons. The van der Waals surface area contributed by atoms with Crippen LogP contribution in [0.2, 0.25) is 0 Å². The van der Waals surface area contributed by atoms with Gasteiger partial charge in [0.2, 0.25) is 0 Å². The summed E-state index contributed by atoms with van der Waals surface area (Å²) in [5, 5.41) is 0. The van der Waals surface area contributed by atoms with E-state index in [0.717, 1.165) is 43.1 Å². The Hall–Kier alpha value is -0.163. The third-order valence-electron chi connectivity index (χ3n) is 1.40. The quantitative estimate of drug-likeness (QED) is 0.269. The molecule has 1 atom stereocenters. The molecule has 0 saturated carbocycles. The molecule has 3 nitrogen and oxygen atoms in total. The SMILES string of the molecule is C=CCCCOCC1CO1.CO[SiH3]. The highest BCUT2D eigenvalue weighted by atomic mass is 28.2. The molecule has 1 unspecified atom stereocenters. The van der Waals surface area contributed by atoms with Crippen molar-refractivity contribution in [1.82, 2.24) is 0 Å². The van der Waals surface area contributed by atoms with Gasteiger partial charge in [0.25, 0.3) is 0 Å². The monoisotopic (exact) mass is 204 g/mol. The van der Waals surface area contributed by atoms with Gasteiger partial charge in [-0.2, -0.15) is 0 Å². The zero-order valence-corrected chi connectivity index (χ0v) is 10.6. The predicted molar refractivity (Wildman–Crippen MR) is 56.9 cm³/mol. The lowest BCUT2D eigenvalue weighted by atomic mass is 10.3. The number of hydrogen-bond acceptors (Lipinski definition) is 3. The Kier molecular flexibility index (Phi) is 9.80. The molecule has 1 fully saturated rings. The van der Waals surface area contributed by atoms with Crippen LogP contribution in [0.4, 0.5) is 0 Å². The molecule has 0 spiro atoms. The fourth-order valence-electron chi connectivity index (χ4n) is 0.709. The van der Waals surface area contributed by atoms with Crippen LogP contribution in [0, 0.1) is 0 Å². The fourth-order valence-corrected chi connectivity index (χ4v) is 0.709. The molecule has 1 heterocycles. The van der Waals surface area contributed by atoms with Crippen LogP contribution in [0.5, 0.6) is 0 Å². The Morgan fingerprint density at radius 2 is 2.31 bits per heavy atom. The molecule has 4 heteroatoms. The van der Waals surface area contributed by atoms with E-state index in [0.29, 0.717) is 6.10 Å². The van der Waals surface area contributed by atoms with Crippen molar-refractivity contribution in [2.45, 2.75) is 18.9 Å². The molecule has 0 aromatic heterocycles. The van der Waals surface area contributed by atoms with Crippen molar-refractivity contribution in [3.8, 4) is 0 Å². The zero-order chi connectivity index (χ0) is 9.94. The molecule has 0 aliphatic carbocycles. The van der Waals surface area contributed by atoms with Crippen molar-refractivity contribution < 1.29 is 13.9 Å². The van der Waals surface area contributed by atoms with E-state index in [-0.39, 0.29) is 0 Å². The lowest BCUT2D eigenvalue weighted by Crippen LogP contribution is -2.02. The number of hydrogen-bond donors (Lipinski definition) is 0. The van der Waals surface area contributed by atoms with Crippen LogP contribution in [-0.4, -0.2) is 43.5 Å². The molecular weight excluding hydrogens is 184 g/mol. The topological polar surface area (TPSA) is 31.0 Å². The van der Waals surface area contributed by atoms with Crippen LogP contribution < -0.4 is 0 Å². The van der Waals surface area contributed by atoms with E-state index in [1.165, 1.54) is 0 Å². The normalized spacial score (nSPS) is 19.0. The van der Waals surface area contributed by atoms with Crippen molar-refractivity contribution in [2.75, 3.05) is 26.9 Å². The third kappa shape index (κ3) is 11.8. The summed E-state index contributed by atoms with van der Waals surface area (Å²) in [5.74, 6) is 0. The highest BCUT2D eigenvalue weighted by Crippen LogP contribution is 2.08. The summed E-state index contributed by atoms with van der Waals surface area (Å²) in [7, 11) is 2.56. The van der Waals surface area contributed by atoms with E-state index in [1.807, 2.05) is 6.08 Å². The molecule has 1 saturated heterocycles. The van der Waals surface area contributed by atoms with Crippen LogP contribution in [-0.2, 0) is 13.9 Å². The van der Waals surface area contributed by atoms with Crippen LogP contribution in [0.3, 0.4) is 0 Å². The number of epoxide rings is 1. The first-order valence-corrected chi connectivity index (χ1v) is 5.37. The van der Waals surface area contributed by atoms with Gasteiger partial charge in [0, 0.05) is 13.7 Å². The molecule has 0 aromatic rings. The van der Waals surface area contributed by atoms with E-state index in [2.05, 4.69) is 11.0 Å². The molecule has 0 amide bonds. The molecule has 0 bridgehead atoms. The Balaban J connectivity index is 0.000000424. The maximum Gasteiger partial charge on any atom is 0.145 e. The number of allylic oxidation sites excluding steroid dienone is 1. The van der Waals surface area contributed by atoms with Crippen molar-refractivity contribution >= 4 is 10.5 Å². The van der Waals surface area contributed by atoms with E-state index >= 15 is 0 Å². The molecule has 0 N–H and O–H groups in total. The largest absolute Gasteiger partial charge is 0.431 e. The maximum atomic E-state index is 5.29. The lowest BCUT2D eigenvalue weighted by Gasteiger charge is -1.98. The zero-order valence-electron chi connectivity index (χ0n) is 8.62. The Morgan fingerprint density at radius 3 is 2.77 bits per heavy atom. The van der Waals surface area contributed by atoms with Gasteiger partial charge < -0.3 is 13.9 Å². The minimum Gasteiger partial charge on any atom is -0.431 e. The lowest BCUT2D eigenvalue weighted by molar-refractivity contribution is 0.115. The number of unbranched alkanes of at least 4 members (excludes halogenated alkanes) is 1. The molecule has 0 aromatic carbocycles. The average Bonchev–Trinajstić information content (AvgIpc) is 2.89. The van der Waals surface area contributed by atoms with Crippen molar-refractivity contribution in [1.29, 1.82) is 0 Å². The maximum absolute atomic E-state index is 5.29. The summed E-state index contributed by atoms with van der Waals surface area (Å²) >= 11 is 0. The smallest absolute Gasteiger partial charge is 0.145 e. The standard InChI is InChI=1S/C8H14O2.CH6OSi/c1-2-3-4-5-9-6-8-7-10-8;1-2-3/h2,8H,1,3-7H2;1,3H3. The highest BCUT2D eigenvalue weighted by molar-refractivity contribution is 5.97. The minimum atomic E-state index is 0.406. The molecular formula is C9H20O3Si. The molecule has 1 rings (SSSR count). The predicted octanol–water partition coefficient (Wildman–Crippen LogP) is 0.281. The number of ether oxygens (including phenoxy) is 2. The molecule has 1 aliphatic rings.